The first-order valence-corrected chi connectivity index (χ1v) is 9.50. The van der Waals surface area contributed by atoms with E-state index in [1.54, 1.807) is 0 Å². The maximum absolute atomic E-state index is 6.35. The highest BCUT2D eigenvalue weighted by Crippen LogP contribution is 2.52. The van der Waals surface area contributed by atoms with Gasteiger partial charge in [0.15, 0.2) is 0 Å². The van der Waals surface area contributed by atoms with Gasteiger partial charge in [0, 0.05) is 30.8 Å². The molecule has 0 unspecified atom stereocenters. The SMILES string of the molecule is CN1c2ccc(C(C)(C)C)cc2[C@H]2OCCC[C@H]2[C@@H]1c1ccccc1. The minimum atomic E-state index is 0.161. The molecule has 0 radical (unpaired) electrons. The van der Waals surface area contributed by atoms with Crippen molar-refractivity contribution < 1.29 is 4.74 Å². The van der Waals surface area contributed by atoms with E-state index in [9.17, 15) is 0 Å². The predicted octanol–water partition coefficient (Wildman–Crippen LogP) is 5.64. The van der Waals surface area contributed by atoms with Gasteiger partial charge >= 0.3 is 0 Å². The van der Waals surface area contributed by atoms with E-state index in [4.69, 9.17) is 4.74 Å². The van der Waals surface area contributed by atoms with Crippen molar-refractivity contribution in [3.05, 3.63) is 65.2 Å². The summed E-state index contributed by atoms with van der Waals surface area (Å²) in [6, 6.07) is 18.3. The normalized spacial score (nSPS) is 26.1. The van der Waals surface area contributed by atoms with Gasteiger partial charge in [-0.1, -0.05) is 63.2 Å². The van der Waals surface area contributed by atoms with Crippen LogP contribution in [-0.4, -0.2) is 13.7 Å². The van der Waals surface area contributed by atoms with E-state index in [0.29, 0.717) is 12.0 Å². The summed E-state index contributed by atoms with van der Waals surface area (Å²) < 4.78 is 6.35. The molecule has 0 N–H and O–H groups in total. The fourth-order valence-electron chi connectivity index (χ4n) is 4.58. The summed E-state index contributed by atoms with van der Waals surface area (Å²) >= 11 is 0. The summed E-state index contributed by atoms with van der Waals surface area (Å²) in [5, 5.41) is 0. The molecule has 3 atom stereocenters. The Hall–Kier alpha value is -1.80. The van der Waals surface area contributed by atoms with Crippen LogP contribution in [0.25, 0.3) is 0 Å². The Labute approximate surface area is 151 Å². The van der Waals surface area contributed by atoms with E-state index in [2.05, 4.69) is 81.2 Å². The monoisotopic (exact) mass is 335 g/mol. The number of hydrogen-bond donors (Lipinski definition) is 0. The molecule has 0 aromatic heterocycles. The second-order valence-electron chi connectivity index (χ2n) is 8.59. The minimum absolute atomic E-state index is 0.161. The summed E-state index contributed by atoms with van der Waals surface area (Å²) in [5.41, 5.74) is 5.66. The van der Waals surface area contributed by atoms with Crippen molar-refractivity contribution in [3.63, 3.8) is 0 Å². The molecule has 132 valence electrons. The molecule has 0 aliphatic carbocycles. The fraction of sp³-hybridized carbons (Fsp3) is 0.478. The summed E-state index contributed by atoms with van der Waals surface area (Å²) in [7, 11) is 2.25. The molecule has 0 amide bonds. The molecule has 0 bridgehead atoms. The molecule has 2 aliphatic heterocycles. The molecule has 2 heterocycles. The first-order chi connectivity index (χ1) is 12.0. The number of hydrogen-bond acceptors (Lipinski definition) is 2. The maximum atomic E-state index is 6.35. The summed E-state index contributed by atoms with van der Waals surface area (Å²) in [6.45, 7) is 7.74. The third-order valence-electron chi connectivity index (χ3n) is 5.91. The third-order valence-corrected chi connectivity index (χ3v) is 5.91. The second-order valence-corrected chi connectivity index (χ2v) is 8.59. The van der Waals surface area contributed by atoms with E-state index >= 15 is 0 Å². The van der Waals surface area contributed by atoms with Gasteiger partial charge in [-0.2, -0.15) is 0 Å². The molecule has 0 saturated carbocycles. The van der Waals surface area contributed by atoms with Crippen molar-refractivity contribution in [1.82, 2.24) is 0 Å². The average Bonchev–Trinajstić information content (AvgIpc) is 2.62. The van der Waals surface area contributed by atoms with Gasteiger partial charge in [-0.15, -0.1) is 0 Å². The number of benzene rings is 2. The van der Waals surface area contributed by atoms with E-state index in [1.165, 1.54) is 28.8 Å². The van der Waals surface area contributed by atoms with Gasteiger partial charge in [0.25, 0.3) is 0 Å². The predicted molar refractivity (Wildman–Crippen MR) is 104 cm³/mol. The van der Waals surface area contributed by atoms with Crippen LogP contribution in [0.4, 0.5) is 5.69 Å². The number of nitrogens with zero attached hydrogens (tertiary/aromatic N) is 1. The first kappa shape index (κ1) is 16.7. The standard InChI is InChI=1S/C23H29NO/c1-23(2,3)17-12-13-20-19(15-17)22-18(11-8-14-25-22)21(24(20)4)16-9-6-5-7-10-16/h5-7,9-10,12-13,15,18,21-22H,8,11,14H2,1-4H3/t18-,21-,22-/m0/s1. The lowest BCUT2D eigenvalue weighted by Crippen LogP contribution is -2.41. The smallest absolute Gasteiger partial charge is 0.0896 e. The summed E-state index contributed by atoms with van der Waals surface area (Å²) in [6.07, 6.45) is 2.60. The topological polar surface area (TPSA) is 12.5 Å². The maximum Gasteiger partial charge on any atom is 0.0896 e. The molecule has 2 aromatic carbocycles. The van der Waals surface area contributed by atoms with Crippen LogP contribution in [0.15, 0.2) is 48.5 Å². The lowest BCUT2D eigenvalue weighted by Gasteiger charge is -2.48. The van der Waals surface area contributed by atoms with Crippen LogP contribution in [0.2, 0.25) is 0 Å². The lowest BCUT2D eigenvalue weighted by molar-refractivity contribution is -0.0421. The number of rotatable bonds is 1. The van der Waals surface area contributed by atoms with Crippen molar-refractivity contribution >= 4 is 5.69 Å². The Balaban J connectivity index is 1.83. The van der Waals surface area contributed by atoms with Crippen molar-refractivity contribution in [3.8, 4) is 0 Å². The number of anilines is 1. The lowest BCUT2D eigenvalue weighted by atomic mass is 9.75. The van der Waals surface area contributed by atoms with Gasteiger partial charge in [0.2, 0.25) is 0 Å². The Morgan fingerprint density at radius 3 is 2.52 bits per heavy atom. The van der Waals surface area contributed by atoms with Crippen molar-refractivity contribution in [2.45, 2.75) is 51.2 Å². The molecule has 1 saturated heterocycles. The Morgan fingerprint density at radius 2 is 1.80 bits per heavy atom. The Kier molecular flexibility index (Phi) is 4.11. The van der Waals surface area contributed by atoms with Crippen molar-refractivity contribution in [2.24, 2.45) is 5.92 Å². The van der Waals surface area contributed by atoms with Crippen LogP contribution >= 0.6 is 0 Å². The number of fused-ring (bicyclic) bond motifs is 3. The van der Waals surface area contributed by atoms with Crippen LogP contribution in [0.5, 0.6) is 0 Å². The molecular weight excluding hydrogens is 306 g/mol. The van der Waals surface area contributed by atoms with Crippen molar-refractivity contribution in [2.75, 3.05) is 18.6 Å². The molecule has 0 spiro atoms. The summed E-state index contributed by atoms with van der Waals surface area (Å²) in [5.74, 6) is 0.517. The van der Waals surface area contributed by atoms with Gasteiger partial charge in [-0.3, -0.25) is 0 Å². The van der Waals surface area contributed by atoms with Crippen molar-refractivity contribution in [1.29, 1.82) is 0 Å². The van der Waals surface area contributed by atoms with E-state index in [-0.39, 0.29) is 11.5 Å². The third kappa shape index (κ3) is 2.87. The molecule has 2 heteroatoms. The fourth-order valence-corrected chi connectivity index (χ4v) is 4.58. The highest BCUT2D eigenvalue weighted by atomic mass is 16.5. The molecule has 25 heavy (non-hydrogen) atoms. The average molecular weight is 335 g/mol. The first-order valence-electron chi connectivity index (χ1n) is 9.50. The van der Waals surface area contributed by atoms with E-state index in [0.717, 1.165) is 13.0 Å². The van der Waals surface area contributed by atoms with Crippen LogP contribution in [0, 0.1) is 5.92 Å². The highest BCUT2D eigenvalue weighted by Gasteiger charge is 2.42. The Morgan fingerprint density at radius 1 is 1.04 bits per heavy atom. The van der Waals surface area contributed by atoms with E-state index < -0.39 is 0 Å². The van der Waals surface area contributed by atoms with Crippen LogP contribution in [0.3, 0.4) is 0 Å². The van der Waals surface area contributed by atoms with Crippen LogP contribution in [0.1, 0.15) is 62.4 Å². The molecule has 1 fully saturated rings. The summed E-state index contributed by atoms with van der Waals surface area (Å²) in [4.78, 5) is 2.48. The van der Waals surface area contributed by atoms with Gasteiger partial charge in [0.05, 0.1) is 12.1 Å². The highest BCUT2D eigenvalue weighted by molar-refractivity contribution is 5.60. The zero-order valence-corrected chi connectivity index (χ0v) is 15.8. The van der Waals surface area contributed by atoms with Crippen LogP contribution < -0.4 is 4.90 Å². The largest absolute Gasteiger partial charge is 0.373 e. The van der Waals surface area contributed by atoms with Crippen LogP contribution in [-0.2, 0) is 10.2 Å². The molecule has 2 nitrogen and oxygen atoms in total. The molecule has 2 aliphatic rings. The molecule has 2 aromatic rings. The van der Waals surface area contributed by atoms with Gasteiger partial charge in [0.1, 0.15) is 0 Å². The van der Waals surface area contributed by atoms with E-state index in [1.807, 2.05) is 0 Å². The zero-order chi connectivity index (χ0) is 17.6. The van der Waals surface area contributed by atoms with Gasteiger partial charge in [-0.25, -0.2) is 0 Å². The number of ether oxygens (including phenoxy) is 1. The Bertz CT molecular complexity index is 746. The minimum Gasteiger partial charge on any atom is -0.373 e. The van der Waals surface area contributed by atoms with Gasteiger partial charge < -0.3 is 9.64 Å². The second kappa shape index (κ2) is 6.17. The van der Waals surface area contributed by atoms with Gasteiger partial charge in [-0.05, 0) is 35.4 Å². The quantitative estimate of drug-likeness (QED) is 0.668. The molecule has 4 rings (SSSR count). The molecular formula is C23H29NO. The zero-order valence-electron chi connectivity index (χ0n) is 15.8.